The van der Waals surface area contributed by atoms with Crippen molar-refractivity contribution in [3.8, 4) is 0 Å². The number of carboxylic acids is 1. The van der Waals surface area contributed by atoms with Gasteiger partial charge in [-0.1, -0.05) is 26.3 Å². The van der Waals surface area contributed by atoms with Crippen molar-refractivity contribution in [1.29, 1.82) is 0 Å². The Morgan fingerprint density at radius 1 is 1.33 bits per heavy atom. The van der Waals surface area contributed by atoms with Crippen LogP contribution in [0.2, 0.25) is 0 Å². The Kier molecular flexibility index (Phi) is 4.03. The number of hydrogen-bond acceptors (Lipinski definition) is 4. The van der Waals surface area contributed by atoms with Crippen LogP contribution in [0.1, 0.15) is 61.6 Å². The second kappa shape index (κ2) is 6.05. The van der Waals surface area contributed by atoms with Crippen molar-refractivity contribution in [2.45, 2.75) is 52.5 Å². The number of carboxylic acid groups (broad SMARTS) is 1. The minimum atomic E-state index is -0.995. The van der Waals surface area contributed by atoms with Gasteiger partial charge in [-0.15, -0.1) is 0 Å². The second-order valence-corrected chi connectivity index (χ2v) is 8.12. The van der Waals surface area contributed by atoms with Crippen LogP contribution in [-0.4, -0.2) is 51.2 Å². The molecule has 0 saturated carbocycles. The molecule has 27 heavy (non-hydrogen) atoms. The van der Waals surface area contributed by atoms with E-state index in [9.17, 15) is 14.7 Å². The van der Waals surface area contributed by atoms with Crippen molar-refractivity contribution in [3.63, 3.8) is 0 Å². The average Bonchev–Trinajstić information content (AvgIpc) is 3.08. The van der Waals surface area contributed by atoms with E-state index in [1.807, 2.05) is 31.5 Å². The van der Waals surface area contributed by atoms with Crippen LogP contribution in [0, 0.1) is 19.1 Å². The van der Waals surface area contributed by atoms with Crippen molar-refractivity contribution >= 4 is 17.7 Å². The predicted octanol–water partition coefficient (Wildman–Crippen LogP) is 1.78. The number of hydrogen-bond donors (Lipinski definition) is 1. The molecular weight excluding hydrogens is 344 g/mol. The molecule has 4 rings (SSSR count). The number of aromatic carboxylic acids is 1. The first-order valence-electron chi connectivity index (χ1n) is 9.63. The van der Waals surface area contributed by atoms with E-state index in [4.69, 9.17) is 4.99 Å². The van der Waals surface area contributed by atoms with Crippen LogP contribution in [-0.2, 0) is 4.79 Å². The Bertz CT molecular complexity index is 857. The number of likely N-dealkylation sites (tertiary alicyclic amines) is 1. The lowest BCUT2D eigenvalue weighted by Gasteiger charge is -2.36. The zero-order valence-corrected chi connectivity index (χ0v) is 16.3. The van der Waals surface area contributed by atoms with Crippen LogP contribution in [0.5, 0.6) is 0 Å². The van der Waals surface area contributed by atoms with Gasteiger partial charge in [0.1, 0.15) is 11.4 Å². The lowest BCUT2D eigenvalue weighted by Crippen LogP contribution is -2.58. The van der Waals surface area contributed by atoms with Crippen LogP contribution < -0.4 is 4.57 Å². The molecule has 7 nitrogen and oxygen atoms in total. The van der Waals surface area contributed by atoms with E-state index in [1.165, 1.54) is 6.42 Å². The molecule has 144 valence electrons. The van der Waals surface area contributed by atoms with Gasteiger partial charge in [-0.25, -0.2) is 4.79 Å². The Hall–Kier alpha value is -2.41. The summed E-state index contributed by atoms with van der Waals surface area (Å²) in [6.45, 7) is 9.30. The number of fused-ring (bicyclic) bond motifs is 3. The smallest absolute Gasteiger partial charge is 0.330 e. The van der Waals surface area contributed by atoms with Gasteiger partial charge in [0, 0.05) is 0 Å². The second-order valence-electron chi connectivity index (χ2n) is 8.12. The number of aromatic nitrogens is 1. The van der Waals surface area contributed by atoms with E-state index >= 15 is 0 Å². The summed E-state index contributed by atoms with van der Waals surface area (Å²) in [5.41, 5.74) is 0.519. The Balaban J connectivity index is 1.95. The molecule has 1 unspecified atom stereocenters. The van der Waals surface area contributed by atoms with Crippen LogP contribution in [0.25, 0.3) is 0 Å². The molecule has 1 aromatic heterocycles. The summed E-state index contributed by atoms with van der Waals surface area (Å²) in [6, 6.07) is 1.80. The topological polar surface area (TPSA) is 77.1 Å². The van der Waals surface area contributed by atoms with Gasteiger partial charge >= 0.3 is 5.97 Å². The fourth-order valence-corrected chi connectivity index (χ4v) is 4.16. The highest BCUT2D eigenvalue weighted by Gasteiger charge is 2.56. The van der Waals surface area contributed by atoms with Crippen LogP contribution in [0.4, 0.5) is 0 Å². The summed E-state index contributed by atoms with van der Waals surface area (Å²) in [5, 5.41) is 9.86. The van der Waals surface area contributed by atoms with E-state index < -0.39 is 11.5 Å². The molecule has 4 heterocycles. The fraction of sp³-hybridized carbons (Fsp3) is 0.550. The summed E-state index contributed by atoms with van der Waals surface area (Å²) in [5.74, 6) is -0.592. The average molecular weight is 370 g/mol. The number of piperidine rings is 1. The summed E-state index contributed by atoms with van der Waals surface area (Å²) >= 11 is 0. The molecule has 1 saturated heterocycles. The highest BCUT2D eigenvalue weighted by atomic mass is 16.4. The normalized spacial score (nSPS) is 25.1. The molecule has 0 spiro atoms. The van der Waals surface area contributed by atoms with Gasteiger partial charge in [0.25, 0.3) is 5.91 Å². The Labute approximate surface area is 159 Å². The van der Waals surface area contributed by atoms with E-state index in [2.05, 4.69) is 4.90 Å². The zero-order chi connectivity index (χ0) is 19.5. The number of carbonyl (C=O) groups is 2. The van der Waals surface area contributed by atoms with E-state index in [0.717, 1.165) is 32.2 Å². The Morgan fingerprint density at radius 3 is 2.59 bits per heavy atom. The highest BCUT2D eigenvalue weighted by molar-refractivity contribution is 6.18. The number of nitrogens with zero attached hydrogens (tertiary/aromatic N) is 4. The molecule has 1 amide bonds. The van der Waals surface area contributed by atoms with Crippen molar-refractivity contribution in [2.75, 3.05) is 13.1 Å². The van der Waals surface area contributed by atoms with Gasteiger partial charge in [-0.05, 0) is 51.3 Å². The molecule has 0 radical (unpaired) electrons. The quantitative estimate of drug-likeness (QED) is 0.650. The number of rotatable bonds is 3. The maximum Gasteiger partial charge on any atom is 0.330 e. The van der Waals surface area contributed by atoms with Crippen molar-refractivity contribution in [3.05, 3.63) is 35.4 Å². The standard InChI is InChI=1S/C20H26N4O3/c1-12(2)20(4)18(27)24-16(21-20)15-14(17(25)26)13(3)8-11-23(15)19(24)22-9-6-5-7-10-22/h8,11-12H,5-7,9-10H2,1-4H3,(H,25,26). The number of amides is 1. The zero-order valence-electron chi connectivity index (χ0n) is 16.3. The van der Waals surface area contributed by atoms with Crippen molar-refractivity contribution in [2.24, 2.45) is 10.9 Å². The predicted molar refractivity (Wildman–Crippen MR) is 99.0 cm³/mol. The Morgan fingerprint density at radius 2 is 2.00 bits per heavy atom. The van der Waals surface area contributed by atoms with Gasteiger partial charge in [0.2, 0.25) is 6.29 Å². The van der Waals surface area contributed by atoms with E-state index in [0.29, 0.717) is 17.1 Å². The molecule has 0 aliphatic carbocycles. The lowest BCUT2D eigenvalue weighted by atomic mass is 9.89. The van der Waals surface area contributed by atoms with Gasteiger partial charge in [0.15, 0.2) is 5.69 Å². The third-order valence-electron chi connectivity index (χ3n) is 6.14. The van der Waals surface area contributed by atoms with Crippen molar-refractivity contribution in [1.82, 2.24) is 9.80 Å². The summed E-state index contributed by atoms with van der Waals surface area (Å²) in [4.78, 5) is 34.1. The van der Waals surface area contributed by atoms with Crippen LogP contribution >= 0.6 is 0 Å². The molecule has 0 bridgehead atoms. The van der Waals surface area contributed by atoms with Crippen LogP contribution in [0.15, 0.2) is 17.3 Å². The SMILES string of the molecule is Cc1cc[n+]2c(c1C(=O)O)C1=NC(C)(C(C)C)C(=O)N1[C-]2N1CCCCC1. The maximum absolute atomic E-state index is 13.4. The van der Waals surface area contributed by atoms with Crippen LogP contribution in [0.3, 0.4) is 0 Å². The summed E-state index contributed by atoms with van der Waals surface area (Å²) in [7, 11) is 0. The third kappa shape index (κ3) is 2.41. The molecule has 1 N–H and O–H groups in total. The largest absolute Gasteiger partial charge is 0.478 e. The number of aliphatic imine (C=N–C) groups is 1. The number of amidine groups is 1. The van der Waals surface area contributed by atoms with E-state index in [1.54, 1.807) is 17.9 Å². The molecule has 1 fully saturated rings. The van der Waals surface area contributed by atoms with Gasteiger partial charge in [-0.3, -0.25) is 24.2 Å². The monoisotopic (exact) mass is 370 g/mol. The van der Waals surface area contributed by atoms with Gasteiger partial charge in [0.05, 0.1) is 11.8 Å². The van der Waals surface area contributed by atoms with E-state index in [-0.39, 0.29) is 17.4 Å². The van der Waals surface area contributed by atoms with Gasteiger partial charge < -0.3 is 5.11 Å². The number of aryl methyl sites for hydroxylation is 1. The first-order valence-corrected chi connectivity index (χ1v) is 9.63. The maximum atomic E-state index is 13.4. The summed E-state index contributed by atoms with van der Waals surface area (Å²) < 4.78 is 1.85. The first kappa shape index (κ1) is 18.0. The molecule has 1 atom stereocenters. The minimum absolute atomic E-state index is 0.0113. The molecular formula is C20H26N4O3. The highest BCUT2D eigenvalue weighted by Crippen LogP contribution is 2.39. The molecule has 3 aliphatic heterocycles. The lowest BCUT2D eigenvalue weighted by molar-refractivity contribution is -0.679. The first-order chi connectivity index (χ1) is 12.8. The van der Waals surface area contributed by atoms with Gasteiger partial charge in [-0.2, -0.15) is 0 Å². The molecule has 3 aliphatic rings. The molecule has 7 heteroatoms. The number of pyridine rings is 1. The molecule has 1 aromatic rings. The fourth-order valence-electron chi connectivity index (χ4n) is 4.16. The minimum Gasteiger partial charge on any atom is -0.478 e. The molecule has 0 aromatic carbocycles. The summed E-state index contributed by atoms with van der Waals surface area (Å²) in [6.07, 6.45) is 5.90. The number of carbonyl (C=O) groups excluding carboxylic acids is 1. The van der Waals surface area contributed by atoms with Crippen molar-refractivity contribution < 1.29 is 19.3 Å². The third-order valence-corrected chi connectivity index (χ3v) is 6.14.